The predicted octanol–water partition coefficient (Wildman–Crippen LogP) is 7.28. The second-order valence-electron chi connectivity index (χ2n) is 9.44. The van der Waals surface area contributed by atoms with Crippen LogP contribution in [0.2, 0.25) is 5.02 Å². The Morgan fingerprint density at radius 1 is 0.811 bits per heavy atom. The first kappa shape index (κ1) is 26.1. The number of carbonyl (C=O) groups is 2. The molecule has 0 aliphatic heterocycles. The van der Waals surface area contributed by atoms with Crippen LogP contribution in [-0.4, -0.2) is 16.9 Å². The van der Waals surface area contributed by atoms with Crippen molar-refractivity contribution in [3.8, 4) is 11.3 Å². The van der Waals surface area contributed by atoms with Gasteiger partial charge in [0.2, 0.25) is 0 Å². The largest absolute Gasteiger partial charge is 0.451 e. The van der Waals surface area contributed by atoms with Crippen LogP contribution in [0.1, 0.15) is 47.2 Å². The van der Waals surface area contributed by atoms with Crippen molar-refractivity contribution in [1.29, 1.82) is 0 Å². The number of thiocarbonyl (C=S) groups is 1. The third kappa shape index (κ3) is 6.84. The van der Waals surface area contributed by atoms with Crippen molar-refractivity contribution < 1.29 is 14.0 Å². The summed E-state index contributed by atoms with van der Waals surface area (Å²) in [5.41, 5.74) is 3.67. The number of furan rings is 1. The molecule has 0 atom stereocenters. The molecule has 8 heteroatoms. The van der Waals surface area contributed by atoms with E-state index >= 15 is 0 Å². The van der Waals surface area contributed by atoms with E-state index in [9.17, 15) is 9.59 Å². The molecule has 0 unspecified atom stereocenters. The van der Waals surface area contributed by atoms with Gasteiger partial charge in [-0.05, 0) is 77.8 Å². The van der Waals surface area contributed by atoms with Gasteiger partial charge in [-0.15, -0.1) is 0 Å². The highest BCUT2D eigenvalue weighted by molar-refractivity contribution is 7.80. The third-order valence-electron chi connectivity index (χ3n) is 5.56. The minimum Gasteiger partial charge on any atom is -0.451 e. The van der Waals surface area contributed by atoms with E-state index in [-0.39, 0.29) is 22.2 Å². The first-order valence-corrected chi connectivity index (χ1v) is 12.4. The lowest BCUT2D eigenvalue weighted by Crippen LogP contribution is -2.33. The summed E-state index contributed by atoms with van der Waals surface area (Å²) in [6.07, 6.45) is 0. The fourth-order valence-electron chi connectivity index (χ4n) is 3.58. The number of rotatable bonds is 5. The fourth-order valence-corrected chi connectivity index (χ4v) is 3.98. The van der Waals surface area contributed by atoms with Gasteiger partial charge in [-0.3, -0.25) is 14.9 Å². The highest BCUT2D eigenvalue weighted by atomic mass is 35.5. The topological polar surface area (TPSA) is 83.4 Å². The van der Waals surface area contributed by atoms with Gasteiger partial charge in [0.1, 0.15) is 5.76 Å². The normalized spacial score (nSPS) is 11.0. The van der Waals surface area contributed by atoms with E-state index in [0.717, 1.165) is 11.1 Å². The molecule has 4 rings (SSSR count). The van der Waals surface area contributed by atoms with Gasteiger partial charge in [-0.2, -0.15) is 0 Å². The zero-order valence-corrected chi connectivity index (χ0v) is 22.2. The van der Waals surface area contributed by atoms with Crippen LogP contribution in [0.3, 0.4) is 0 Å². The molecule has 37 heavy (non-hydrogen) atoms. The van der Waals surface area contributed by atoms with Crippen LogP contribution >= 0.6 is 23.8 Å². The molecule has 0 bridgehead atoms. The molecule has 0 radical (unpaired) electrons. The Labute approximate surface area is 226 Å². The molecular weight excluding hydrogens is 506 g/mol. The molecule has 0 saturated carbocycles. The van der Waals surface area contributed by atoms with Crippen LogP contribution in [0.25, 0.3) is 11.3 Å². The lowest BCUT2D eigenvalue weighted by molar-refractivity contribution is 0.0950. The maximum Gasteiger partial charge on any atom is 0.293 e. The molecule has 0 aliphatic rings. The van der Waals surface area contributed by atoms with Gasteiger partial charge in [0.15, 0.2) is 10.9 Å². The standard InChI is InChI=1S/C29H26ClN3O3S/c1-29(2,3)20-12-10-18(11-13-20)26(34)31-22-8-5-9-23(17-22)32-28(37)33-27(35)25-15-14-24(36-25)19-6-4-7-21(30)16-19/h4-17H,1-3H3,(H,31,34)(H2,32,33,35,37). The van der Waals surface area contributed by atoms with Crippen molar-refractivity contribution in [2.24, 2.45) is 0 Å². The van der Waals surface area contributed by atoms with Gasteiger partial charge in [0, 0.05) is 27.5 Å². The highest BCUT2D eigenvalue weighted by Gasteiger charge is 2.16. The van der Waals surface area contributed by atoms with Crippen LogP contribution in [-0.2, 0) is 5.41 Å². The number of anilines is 2. The lowest BCUT2D eigenvalue weighted by atomic mass is 9.87. The van der Waals surface area contributed by atoms with E-state index in [1.54, 1.807) is 54.6 Å². The first-order chi connectivity index (χ1) is 17.6. The number of halogens is 1. The number of benzene rings is 3. The molecule has 3 N–H and O–H groups in total. The number of nitrogens with one attached hydrogen (secondary N) is 3. The quantitative estimate of drug-likeness (QED) is 0.236. The molecule has 4 aromatic rings. The summed E-state index contributed by atoms with van der Waals surface area (Å²) in [6, 6.07) is 25.0. The Morgan fingerprint density at radius 2 is 1.49 bits per heavy atom. The van der Waals surface area contributed by atoms with Gasteiger partial charge >= 0.3 is 0 Å². The van der Waals surface area contributed by atoms with Crippen molar-refractivity contribution >= 4 is 52.1 Å². The lowest BCUT2D eigenvalue weighted by Gasteiger charge is -2.19. The smallest absolute Gasteiger partial charge is 0.293 e. The monoisotopic (exact) mass is 531 g/mol. The summed E-state index contributed by atoms with van der Waals surface area (Å²) >= 11 is 11.3. The highest BCUT2D eigenvalue weighted by Crippen LogP contribution is 2.25. The molecule has 1 heterocycles. The molecular formula is C29H26ClN3O3S. The van der Waals surface area contributed by atoms with E-state index < -0.39 is 5.91 Å². The summed E-state index contributed by atoms with van der Waals surface area (Å²) in [6.45, 7) is 6.38. The molecule has 6 nitrogen and oxygen atoms in total. The van der Waals surface area contributed by atoms with Crippen LogP contribution in [0.5, 0.6) is 0 Å². The zero-order valence-electron chi connectivity index (χ0n) is 20.6. The summed E-state index contributed by atoms with van der Waals surface area (Å²) in [7, 11) is 0. The van der Waals surface area contributed by atoms with E-state index in [1.165, 1.54) is 0 Å². The second kappa shape index (κ2) is 11.0. The van der Waals surface area contributed by atoms with Gasteiger partial charge < -0.3 is 15.1 Å². The average molecular weight is 532 g/mol. The second-order valence-corrected chi connectivity index (χ2v) is 10.3. The molecule has 0 aliphatic carbocycles. The minimum absolute atomic E-state index is 0.0122. The molecule has 0 fully saturated rings. The Hall–Kier alpha value is -3.94. The number of carbonyl (C=O) groups excluding carboxylic acids is 2. The Kier molecular flexibility index (Phi) is 7.76. The van der Waals surface area contributed by atoms with Gasteiger partial charge in [-0.1, -0.05) is 62.7 Å². The number of hydrogen-bond acceptors (Lipinski definition) is 4. The Balaban J connectivity index is 1.35. The number of hydrogen-bond donors (Lipinski definition) is 3. The maximum atomic E-state index is 12.7. The predicted molar refractivity (Wildman–Crippen MR) is 152 cm³/mol. The summed E-state index contributed by atoms with van der Waals surface area (Å²) < 4.78 is 5.66. The van der Waals surface area contributed by atoms with E-state index in [0.29, 0.717) is 27.7 Å². The SMILES string of the molecule is CC(C)(C)c1ccc(C(=O)Nc2cccc(NC(=S)NC(=O)c3ccc(-c4cccc(Cl)c4)o3)c2)cc1. The molecule has 0 spiro atoms. The van der Waals surface area contributed by atoms with Gasteiger partial charge in [0.25, 0.3) is 11.8 Å². The average Bonchev–Trinajstić information content (AvgIpc) is 3.34. The molecule has 1 aromatic heterocycles. The minimum atomic E-state index is -0.492. The fraction of sp³-hybridized carbons (Fsp3) is 0.138. The summed E-state index contributed by atoms with van der Waals surface area (Å²) in [5.74, 6) is -0.0867. The Morgan fingerprint density at radius 3 is 2.16 bits per heavy atom. The third-order valence-corrected chi connectivity index (χ3v) is 6.00. The van der Waals surface area contributed by atoms with Crippen molar-refractivity contribution in [2.45, 2.75) is 26.2 Å². The van der Waals surface area contributed by atoms with E-state index in [2.05, 4.69) is 36.7 Å². The number of amides is 2. The molecule has 0 saturated heterocycles. The van der Waals surface area contributed by atoms with Gasteiger partial charge in [-0.25, -0.2) is 0 Å². The summed E-state index contributed by atoms with van der Waals surface area (Å²) in [4.78, 5) is 25.3. The maximum absolute atomic E-state index is 12.7. The van der Waals surface area contributed by atoms with E-state index in [4.69, 9.17) is 28.2 Å². The molecule has 2 amide bonds. The van der Waals surface area contributed by atoms with Crippen LogP contribution in [0.15, 0.2) is 89.3 Å². The van der Waals surface area contributed by atoms with Gasteiger partial charge in [0.05, 0.1) is 0 Å². The van der Waals surface area contributed by atoms with Crippen molar-refractivity contribution in [2.75, 3.05) is 10.6 Å². The Bertz CT molecular complexity index is 1460. The van der Waals surface area contributed by atoms with Crippen LogP contribution < -0.4 is 16.0 Å². The summed E-state index contributed by atoms with van der Waals surface area (Å²) in [5, 5.41) is 9.10. The first-order valence-electron chi connectivity index (χ1n) is 11.6. The van der Waals surface area contributed by atoms with E-state index in [1.807, 2.05) is 30.3 Å². The van der Waals surface area contributed by atoms with Crippen LogP contribution in [0.4, 0.5) is 11.4 Å². The zero-order chi connectivity index (χ0) is 26.6. The molecule has 188 valence electrons. The molecule has 3 aromatic carbocycles. The van der Waals surface area contributed by atoms with Crippen molar-refractivity contribution in [3.63, 3.8) is 0 Å². The van der Waals surface area contributed by atoms with Crippen molar-refractivity contribution in [3.05, 3.63) is 107 Å². The van der Waals surface area contributed by atoms with Crippen LogP contribution in [0, 0.1) is 0 Å². The van der Waals surface area contributed by atoms with Crippen molar-refractivity contribution in [1.82, 2.24) is 5.32 Å².